The van der Waals surface area contributed by atoms with Crippen molar-refractivity contribution in [3.63, 3.8) is 0 Å². The van der Waals surface area contributed by atoms with Crippen LogP contribution in [-0.4, -0.2) is 20.3 Å². The van der Waals surface area contributed by atoms with Crippen LogP contribution in [0.25, 0.3) is 0 Å². The quantitative estimate of drug-likeness (QED) is 0.906. The Balaban J connectivity index is 2.08. The van der Waals surface area contributed by atoms with E-state index in [0.717, 1.165) is 40.6 Å². The Hall–Kier alpha value is -1.71. The fraction of sp³-hybridized carbons (Fsp3) is 0.368. The van der Waals surface area contributed by atoms with E-state index in [1.807, 2.05) is 32.0 Å². The van der Waals surface area contributed by atoms with Crippen LogP contribution in [0, 0.1) is 6.92 Å². The molecular formula is C19H22ClNO2. The number of benzene rings is 2. The van der Waals surface area contributed by atoms with Crippen molar-refractivity contribution in [3.05, 3.63) is 57.6 Å². The molecule has 3 nitrogen and oxygen atoms in total. The molecule has 2 aromatic carbocycles. The molecule has 0 saturated carbocycles. The van der Waals surface area contributed by atoms with E-state index in [2.05, 4.69) is 17.4 Å². The molecule has 23 heavy (non-hydrogen) atoms. The molecule has 1 aliphatic rings. The third-order valence-electron chi connectivity index (χ3n) is 4.31. The highest BCUT2D eigenvalue weighted by molar-refractivity contribution is 6.31. The number of methoxy groups -OCH3 is 1. The van der Waals surface area contributed by atoms with Gasteiger partial charge >= 0.3 is 0 Å². The van der Waals surface area contributed by atoms with Gasteiger partial charge in [0, 0.05) is 17.1 Å². The second-order valence-electron chi connectivity index (χ2n) is 5.77. The van der Waals surface area contributed by atoms with E-state index in [0.29, 0.717) is 6.61 Å². The summed E-state index contributed by atoms with van der Waals surface area (Å²) in [6, 6.07) is 10.4. The van der Waals surface area contributed by atoms with E-state index in [9.17, 15) is 0 Å². The third-order valence-corrected chi connectivity index (χ3v) is 4.71. The number of aryl methyl sites for hydroxylation is 1. The Bertz CT molecular complexity index is 715. The van der Waals surface area contributed by atoms with Crippen LogP contribution in [0.15, 0.2) is 30.3 Å². The number of ether oxygens (including phenoxy) is 2. The highest BCUT2D eigenvalue weighted by Crippen LogP contribution is 2.38. The predicted octanol–water partition coefficient (Wildman–Crippen LogP) is 4.29. The van der Waals surface area contributed by atoms with Gasteiger partial charge in [-0.2, -0.15) is 0 Å². The lowest BCUT2D eigenvalue weighted by molar-refractivity contribution is 0.332. The van der Waals surface area contributed by atoms with Gasteiger partial charge < -0.3 is 14.8 Å². The monoisotopic (exact) mass is 331 g/mol. The second kappa shape index (κ2) is 6.81. The summed E-state index contributed by atoms with van der Waals surface area (Å²) in [5, 5.41) is 4.36. The molecule has 1 atom stereocenters. The van der Waals surface area contributed by atoms with Crippen molar-refractivity contribution in [1.29, 1.82) is 0 Å². The summed E-state index contributed by atoms with van der Waals surface area (Å²) in [6.07, 6.45) is 0.993. The molecular weight excluding hydrogens is 310 g/mol. The van der Waals surface area contributed by atoms with Crippen LogP contribution >= 0.6 is 11.6 Å². The number of fused-ring (bicyclic) bond motifs is 1. The van der Waals surface area contributed by atoms with Crippen molar-refractivity contribution in [1.82, 2.24) is 5.32 Å². The Labute approximate surface area is 142 Å². The fourth-order valence-electron chi connectivity index (χ4n) is 3.12. The fourth-order valence-corrected chi connectivity index (χ4v) is 3.29. The van der Waals surface area contributed by atoms with Gasteiger partial charge in [-0.25, -0.2) is 0 Å². The normalized spacial score (nSPS) is 16.8. The molecule has 0 saturated heterocycles. The zero-order chi connectivity index (χ0) is 16.4. The van der Waals surface area contributed by atoms with Crippen molar-refractivity contribution in [2.24, 2.45) is 0 Å². The number of rotatable bonds is 4. The summed E-state index contributed by atoms with van der Waals surface area (Å²) in [6.45, 7) is 5.56. The second-order valence-corrected chi connectivity index (χ2v) is 6.18. The van der Waals surface area contributed by atoms with E-state index < -0.39 is 0 Å². The summed E-state index contributed by atoms with van der Waals surface area (Å²) in [7, 11) is 1.70. The van der Waals surface area contributed by atoms with Crippen LogP contribution in [0.4, 0.5) is 0 Å². The highest BCUT2D eigenvalue weighted by atomic mass is 35.5. The molecule has 122 valence electrons. The summed E-state index contributed by atoms with van der Waals surface area (Å²) in [5.41, 5.74) is 4.70. The molecule has 4 heteroatoms. The van der Waals surface area contributed by atoms with E-state index in [1.54, 1.807) is 7.11 Å². The van der Waals surface area contributed by atoms with Crippen molar-refractivity contribution in [2.45, 2.75) is 26.3 Å². The number of halogens is 1. The molecule has 0 aromatic heterocycles. The topological polar surface area (TPSA) is 30.5 Å². The largest absolute Gasteiger partial charge is 0.497 e. The van der Waals surface area contributed by atoms with Gasteiger partial charge in [-0.15, -0.1) is 0 Å². The van der Waals surface area contributed by atoms with Crippen LogP contribution < -0.4 is 14.8 Å². The van der Waals surface area contributed by atoms with Crippen molar-refractivity contribution in [2.75, 3.05) is 20.3 Å². The molecule has 1 N–H and O–H groups in total. The average Bonchev–Trinajstić information content (AvgIpc) is 2.57. The van der Waals surface area contributed by atoms with Gasteiger partial charge in [0.25, 0.3) is 0 Å². The molecule has 1 unspecified atom stereocenters. The van der Waals surface area contributed by atoms with E-state index >= 15 is 0 Å². The van der Waals surface area contributed by atoms with Crippen LogP contribution in [0.3, 0.4) is 0 Å². The first-order chi connectivity index (χ1) is 11.1. The van der Waals surface area contributed by atoms with Crippen LogP contribution in [0.1, 0.15) is 35.2 Å². The molecule has 0 fully saturated rings. The summed E-state index contributed by atoms with van der Waals surface area (Å²) in [4.78, 5) is 0. The molecule has 3 rings (SSSR count). The van der Waals surface area contributed by atoms with Crippen molar-refractivity contribution < 1.29 is 9.47 Å². The summed E-state index contributed by atoms with van der Waals surface area (Å²) < 4.78 is 11.2. The molecule has 2 aromatic rings. The van der Waals surface area contributed by atoms with Crippen LogP contribution in [0.2, 0.25) is 5.02 Å². The number of hydrogen-bond acceptors (Lipinski definition) is 3. The third kappa shape index (κ3) is 3.17. The average molecular weight is 332 g/mol. The molecule has 1 aliphatic heterocycles. The van der Waals surface area contributed by atoms with Crippen molar-refractivity contribution >= 4 is 11.6 Å². The maximum absolute atomic E-state index is 6.38. The maximum atomic E-state index is 6.38. The minimum absolute atomic E-state index is 0.0873. The summed E-state index contributed by atoms with van der Waals surface area (Å²) in [5.74, 6) is 1.80. The smallest absolute Gasteiger partial charge is 0.124 e. The van der Waals surface area contributed by atoms with Gasteiger partial charge in [0.1, 0.15) is 11.5 Å². The van der Waals surface area contributed by atoms with E-state index in [4.69, 9.17) is 21.1 Å². The Morgan fingerprint density at radius 1 is 1.22 bits per heavy atom. The van der Waals surface area contributed by atoms with Gasteiger partial charge in [0.15, 0.2) is 0 Å². The number of nitrogens with one attached hydrogen (secondary N) is 1. The lowest BCUT2D eigenvalue weighted by Crippen LogP contribution is -2.31. The zero-order valence-electron chi connectivity index (χ0n) is 13.8. The molecule has 1 heterocycles. The van der Waals surface area contributed by atoms with Crippen LogP contribution in [-0.2, 0) is 6.42 Å². The zero-order valence-corrected chi connectivity index (χ0v) is 14.5. The predicted molar refractivity (Wildman–Crippen MR) is 93.9 cm³/mol. The molecule has 0 aliphatic carbocycles. The van der Waals surface area contributed by atoms with Gasteiger partial charge in [-0.05, 0) is 61.2 Å². The first-order valence-electron chi connectivity index (χ1n) is 7.97. The van der Waals surface area contributed by atoms with Crippen LogP contribution in [0.5, 0.6) is 11.5 Å². The van der Waals surface area contributed by atoms with Gasteiger partial charge in [-0.1, -0.05) is 17.7 Å². The Kier molecular flexibility index (Phi) is 4.79. The highest BCUT2D eigenvalue weighted by Gasteiger charge is 2.25. The van der Waals surface area contributed by atoms with Gasteiger partial charge in [-0.3, -0.25) is 0 Å². The SMILES string of the molecule is CCOc1cc(C)c(Cl)cc1C1NCCc2cc(OC)ccc21. The first kappa shape index (κ1) is 16.2. The maximum Gasteiger partial charge on any atom is 0.124 e. The van der Waals surface area contributed by atoms with Crippen molar-refractivity contribution in [3.8, 4) is 11.5 Å². The molecule has 0 spiro atoms. The van der Waals surface area contributed by atoms with Gasteiger partial charge in [0.05, 0.1) is 19.8 Å². The molecule has 0 bridgehead atoms. The van der Waals surface area contributed by atoms with Gasteiger partial charge in [0.2, 0.25) is 0 Å². The standard InChI is InChI=1S/C19H22ClNO2/c1-4-23-18-9-12(2)17(20)11-16(18)19-15-6-5-14(22-3)10-13(15)7-8-21-19/h5-6,9-11,19,21H,4,7-8H2,1-3H3. The Morgan fingerprint density at radius 2 is 2.04 bits per heavy atom. The molecule has 0 amide bonds. The molecule has 0 radical (unpaired) electrons. The van der Waals surface area contributed by atoms with E-state index in [-0.39, 0.29) is 6.04 Å². The minimum Gasteiger partial charge on any atom is -0.497 e. The lowest BCUT2D eigenvalue weighted by Gasteiger charge is -2.29. The minimum atomic E-state index is 0.0873. The first-order valence-corrected chi connectivity index (χ1v) is 8.35. The lowest BCUT2D eigenvalue weighted by atomic mass is 9.89. The van der Waals surface area contributed by atoms with E-state index in [1.165, 1.54) is 11.1 Å². The number of hydrogen-bond donors (Lipinski definition) is 1. The Morgan fingerprint density at radius 3 is 2.78 bits per heavy atom. The summed E-state index contributed by atoms with van der Waals surface area (Å²) >= 11 is 6.38.